The van der Waals surface area contributed by atoms with Gasteiger partial charge >= 0.3 is 0 Å². The van der Waals surface area contributed by atoms with Crippen molar-refractivity contribution < 1.29 is 9.47 Å². The zero-order chi connectivity index (χ0) is 21.7. The normalized spacial score (nSPS) is 22.2. The molecule has 2 aliphatic heterocycles. The number of benzene rings is 1. The molecule has 0 N–H and O–H groups in total. The van der Waals surface area contributed by atoms with E-state index in [0.29, 0.717) is 5.41 Å². The number of piperazine rings is 1. The molecule has 180 valence electrons. The van der Waals surface area contributed by atoms with Crippen LogP contribution in [0.15, 0.2) is 24.3 Å². The Bertz CT molecular complexity index is 748. The van der Waals surface area contributed by atoms with Crippen LogP contribution >= 0.6 is 12.4 Å². The molecule has 1 aromatic rings. The Labute approximate surface area is 201 Å². The van der Waals surface area contributed by atoms with Crippen LogP contribution in [-0.2, 0) is 4.74 Å². The van der Waals surface area contributed by atoms with Gasteiger partial charge in [0.05, 0.1) is 7.11 Å². The smallest absolute Gasteiger partial charge is 0.120 e. The van der Waals surface area contributed by atoms with Gasteiger partial charge in [0.2, 0.25) is 0 Å². The molecule has 0 spiro atoms. The fourth-order valence-electron chi connectivity index (χ4n) is 5.72. The van der Waals surface area contributed by atoms with Crippen molar-refractivity contribution in [1.82, 2.24) is 4.90 Å². The third-order valence-corrected chi connectivity index (χ3v) is 8.33. The minimum atomic E-state index is 0. The van der Waals surface area contributed by atoms with Crippen LogP contribution in [0.1, 0.15) is 64.4 Å². The summed E-state index contributed by atoms with van der Waals surface area (Å²) in [6, 6.07) is 6.72. The van der Waals surface area contributed by atoms with E-state index in [9.17, 15) is 0 Å². The monoisotopic (exact) mass is 462 g/mol. The summed E-state index contributed by atoms with van der Waals surface area (Å²) in [5.74, 6) is 1.79. The fourth-order valence-corrected chi connectivity index (χ4v) is 5.72. The van der Waals surface area contributed by atoms with Gasteiger partial charge in [0, 0.05) is 63.3 Å². The molecular formula is C27H43ClN2O2. The second-order valence-electron chi connectivity index (χ2n) is 9.87. The Morgan fingerprint density at radius 1 is 1.06 bits per heavy atom. The number of hydrogen-bond acceptors (Lipinski definition) is 4. The number of halogens is 1. The van der Waals surface area contributed by atoms with Crippen LogP contribution < -0.4 is 9.64 Å². The highest BCUT2D eigenvalue weighted by atomic mass is 35.5. The maximum atomic E-state index is 5.61. The van der Waals surface area contributed by atoms with Crippen LogP contribution in [0.4, 0.5) is 5.69 Å². The predicted octanol–water partition coefficient (Wildman–Crippen LogP) is 6.04. The van der Waals surface area contributed by atoms with Gasteiger partial charge in [-0.25, -0.2) is 0 Å². The zero-order valence-electron chi connectivity index (χ0n) is 20.4. The lowest BCUT2D eigenvalue weighted by Gasteiger charge is -2.40. The first-order chi connectivity index (χ1) is 15.2. The Hall–Kier alpha value is -1.23. The van der Waals surface area contributed by atoms with Crippen LogP contribution in [-0.4, -0.2) is 57.9 Å². The molecule has 32 heavy (non-hydrogen) atoms. The van der Waals surface area contributed by atoms with Gasteiger partial charge in [0.15, 0.2) is 0 Å². The molecular weight excluding hydrogens is 420 g/mol. The molecule has 0 unspecified atom stereocenters. The molecule has 1 aromatic carbocycles. The van der Waals surface area contributed by atoms with E-state index < -0.39 is 0 Å². The van der Waals surface area contributed by atoms with E-state index in [1.807, 2.05) is 0 Å². The van der Waals surface area contributed by atoms with Crippen LogP contribution in [0.3, 0.4) is 0 Å². The van der Waals surface area contributed by atoms with Crippen LogP contribution in [0.25, 0.3) is 5.57 Å². The summed E-state index contributed by atoms with van der Waals surface area (Å²) in [5, 5.41) is 0. The maximum Gasteiger partial charge on any atom is 0.120 e. The van der Waals surface area contributed by atoms with Crippen LogP contribution in [0.5, 0.6) is 5.75 Å². The third-order valence-electron chi connectivity index (χ3n) is 8.33. The van der Waals surface area contributed by atoms with E-state index in [1.165, 1.54) is 62.7 Å². The summed E-state index contributed by atoms with van der Waals surface area (Å²) >= 11 is 0. The molecule has 0 saturated carbocycles. The van der Waals surface area contributed by atoms with Crippen molar-refractivity contribution in [3.63, 3.8) is 0 Å². The van der Waals surface area contributed by atoms with Gasteiger partial charge in [-0.15, -0.1) is 12.4 Å². The van der Waals surface area contributed by atoms with E-state index in [1.54, 1.807) is 12.7 Å². The molecule has 0 aromatic heterocycles. The highest BCUT2D eigenvalue weighted by Crippen LogP contribution is 2.45. The lowest BCUT2D eigenvalue weighted by Crippen LogP contribution is -2.48. The number of anilines is 1. The summed E-state index contributed by atoms with van der Waals surface area (Å²) in [7, 11) is 1.78. The molecule has 3 aliphatic rings. The summed E-state index contributed by atoms with van der Waals surface area (Å²) in [5.41, 5.74) is 4.86. The minimum absolute atomic E-state index is 0. The van der Waals surface area contributed by atoms with E-state index in [2.05, 4.69) is 47.9 Å². The number of methoxy groups -OCH3 is 1. The first-order valence-electron chi connectivity index (χ1n) is 12.6. The topological polar surface area (TPSA) is 24.9 Å². The number of nitrogens with zero attached hydrogens (tertiary/aromatic N) is 2. The van der Waals surface area contributed by atoms with Gasteiger partial charge in [0.25, 0.3) is 0 Å². The number of allylic oxidation sites excluding steroid dienone is 2. The van der Waals surface area contributed by atoms with Gasteiger partial charge in [-0.2, -0.15) is 0 Å². The van der Waals surface area contributed by atoms with Gasteiger partial charge in [0.1, 0.15) is 5.75 Å². The molecule has 2 heterocycles. The average molecular weight is 463 g/mol. The first-order valence-corrected chi connectivity index (χ1v) is 12.6. The maximum absolute atomic E-state index is 5.61. The Kier molecular flexibility index (Phi) is 9.33. The quantitative estimate of drug-likeness (QED) is 0.493. The van der Waals surface area contributed by atoms with Crippen molar-refractivity contribution in [3.8, 4) is 5.75 Å². The number of ether oxygens (including phenoxy) is 2. The summed E-state index contributed by atoms with van der Waals surface area (Å²) < 4.78 is 11.1. The van der Waals surface area contributed by atoms with Crippen molar-refractivity contribution >= 4 is 23.7 Å². The predicted molar refractivity (Wildman–Crippen MR) is 137 cm³/mol. The lowest BCUT2D eigenvalue weighted by molar-refractivity contribution is 0.0517. The van der Waals surface area contributed by atoms with Gasteiger partial charge in [-0.3, -0.25) is 4.90 Å². The molecule has 5 heteroatoms. The standard InChI is InChI=1S/C27H42N2O2.ClH/c1-4-27(5-2)12-8-23(9-13-27)25-7-6-24(30-3)20-26(25)29-16-14-28(15-17-29)21-22-10-18-31-19-11-22;/h6-8,20,22H,4-5,9-19,21H2,1-3H3;1H. The molecule has 1 aliphatic carbocycles. The van der Waals surface area contributed by atoms with Crippen molar-refractivity contribution in [1.29, 1.82) is 0 Å². The molecule has 4 rings (SSSR count). The minimum Gasteiger partial charge on any atom is -0.497 e. The van der Waals surface area contributed by atoms with E-state index in [0.717, 1.165) is 51.1 Å². The van der Waals surface area contributed by atoms with Gasteiger partial charge in [-0.05, 0) is 61.1 Å². The van der Waals surface area contributed by atoms with Crippen molar-refractivity contribution in [2.75, 3.05) is 57.9 Å². The molecule has 0 amide bonds. The average Bonchev–Trinajstić information content (AvgIpc) is 2.85. The van der Waals surface area contributed by atoms with E-state index in [-0.39, 0.29) is 12.4 Å². The van der Waals surface area contributed by atoms with Crippen LogP contribution in [0, 0.1) is 11.3 Å². The summed E-state index contributed by atoms with van der Waals surface area (Å²) in [4.78, 5) is 5.27. The van der Waals surface area contributed by atoms with E-state index in [4.69, 9.17) is 9.47 Å². The van der Waals surface area contributed by atoms with Gasteiger partial charge < -0.3 is 14.4 Å². The molecule has 4 nitrogen and oxygen atoms in total. The zero-order valence-corrected chi connectivity index (χ0v) is 21.2. The molecule has 2 fully saturated rings. The third kappa shape index (κ3) is 5.81. The Balaban J connectivity index is 0.00000289. The largest absolute Gasteiger partial charge is 0.497 e. The Morgan fingerprint density at radius 3 is 2.38 bits per heavy atom. The molecule has 0 bridgehead atoms. The lowest BCUT2D eigenvalue weighted by atomic mass is 9.70. The number of rotatable bonds is 7. The summed E-state index contributed by atoms with van der Waals surface area (Å²) in [6.45, 7) is 12.4. The first kappa shape index (κ1) is 25.4. The SMILES string of the molecule is CCC1(CC)CC=C(c2ccc(OC)cc2N2CCN(CC3CCOCC3)CC2)CC1.Cl. The fraction of sp³-hybridized carbons (Fsp3) is 0.704. The molecule has 2 saturated heterocycles. The number of hydrogen-bond donors (Lipinski definition) is 0. The van der Waals surface area contributed by atoms with Crippen molar-refractivity contribution in [3.05, 3.63) is 29.8 Å². The van der Waals surface area contributed by atoms with Crippen molar-refractivity contribution in [2.24, 2.45) is 11.3 Å². The van der Waals surface area contributed by atoms with Crippen LogP contribution in [0.2, 0.25) is 0 Å². The second kappa shape index (κ2) is 11.8. The Morgan fingerprint density at radius 2 is 1.78 bits per heavy atom. The summed E-state index contributed by atoms with van der Waals surface area (Å²) in [6.07, 6.45) is 11.3. The highest BCUT2D eigenvalue weighted by molar-refractivity contribution is 5.85. The highest BCUT2D eigenvalue weighted by Gasteiger charge is 2.30. The second-order valence-corrected chi connectivity index (χ2v) is 9.87. The molecule has 0 atom stereocenters. The molecule has 0 radical (unpaired) electrons. The van der Waals surface area contributed by atoms with E-state index >= 15 is 0 Å². The van der Waals surface area contributed by atoms with Crippen molar-refractivity contribution in [2.45, 2.75) is 58.8 Å². The van der Waals surface area contributed by atoms with Gasteiger partial charge in [-0.1, -0.05) is 32.8 Å².